The van der Waals surface area contributed by atoms with E-state index in [2.05, 4.69) is 0 Å². The minimum Gasteiger partial charge on any atom is -0.395 e. The predicted octanol–water partition coefficient (Wildman–Crippen LogP) is -0.353. The van der Waals surface area contributed by atoms with Crippen LogP contribution < -0.4 is 0 Å². The molecular formula is C7H15NO3S. The van der Waals surface area contributed by atoms with Crippen LogP contribution in [0.3, 0.4) is 0 Å². The topological polar surface area (TPSA) is 57.6 Å². The second kappa shape index (κ2) is 2.97. The Kier molecular flexibility index (Phi) is 2.47. The second-order valence-electron chi connectivity index (χ2n) is 3.38. The van der Waals surface area contributed by atoms with Gasteiger partial charge in [0.1, 0.15) is 5.25 Å². The minimum absolute atomic E-state index is 0.00463. The zero-order valence-electron chi connectivity index (χ0n) is 7.56. The van der Waals surface area contributed by atoms with Crippen LogP contribution in [-0.2, 0) is 10.0 Å². The van der Waals surface area contributed by atoms with Crippen molar-refractivity contribution >= 4 is 10.0 Å². The molecule has 1 aliphatic heterocycles. The van der Waals surface area contributed by atoms with E-state index < -0.39 is 15.3 Å². The van der Waals surface area contributed by atoms with Crippen LogP contribution in [0.25, 0.3) is 0 Å². The lowest BCUT2D eigenvalue weighted by Gasteiger charge is -2.14. The summed E-state index contributed by atoms with van der Waals surface area (Å²) in [7, 11) is -1.67. The molecule has 3 atom stereocenters. The molecule has 1 heterocycles. The number of aliphatic hydroxyl groups is 1. The van der Waals surface area contributed by atoms with Crippen molar-refractivity contribution in [2.75, 3.05) is 13.7 Å². The largest absolute Gasteiger partial charge is 0.395 e. The molecule has 0 radical (unpaired) electrons. The van der Waals surface area contributed by atoms with Crippen LogP contribution in [-0.4, -0.2) is 42.8 Å². The number of hydrogen-bond donors (Lipinski definition) is 1. The van der Waals surface area contributed by atoms with E-state index >= 15 is 0 Å². The summed E-state index contributed by atoms with van der Waals surface area (Å²) in [6.07, 6.45) is 0. The Bertz CT molecular complexity index is 262. The molecule has 0 bridgehead atoms. The molecular weight excluding hydrogens is 178 g/mol. The fraction of sp³-hybridized carbons (Fsp3) is 1.00. The van der Waals surface area contributed by atoms with Crippen molar-refractivity contribution in [2.45, 2.75) is 25.1 Å². The molecule has 5 heteroatoms. The van der Waals surface area contributed by atoms with Gasteiger partial charge in [0.2, 0.25) is 10.0 Å². The number of sulfonamides is 1. The molecule has 1 fully saturated rings. The first-order valence-electron chi connectivity index (χ1n) is 4.00. The summed E-state index contributed by atoms with van der Waals surface area (Å²) in [4.78, 5) is 0. The first-order chi connectivity index (χ1) is 5.42. The second-order valence-corrected chi connectivity index (χ2v) is 5.59. The third-order valence-electron chi connectivity index (χ3n) is 2.88. The molecule has 0 spiro atoms. The zero-order chi connectivity index (χ0) is 9.52. The molecule has 1 saturated heterocycles. The Morgan fingerprint density at radius 1 is 1.42 bits per heavy atom. The van der Waals surface area contributed by atoms with E-state index in [0.29, 0.717) is 0 Å². The molecule has 0 saturated carbocycles. The third kappa shape index (κ3) is 1.16. The monoisotopic (exact) mass is 193 g/mol. The first kappa shape index (κ1) is 9.95. The van der Waals surface area contributed by atoms with E-state index in [4.69, 9.17) is 5.11 Å². The van der Waals surface area contributed by atoms with Gasteiger partial charge in [0.05, 0.1) is 6.61 Å². The van der Waals surface area contributed by atoms with Gasteiger partial charge in [0.25, 0.3) is 0 Å². The van der Waals surface area contributed by atoms with Gasteiger partial charge in [0.15, 0.2) is 0 Å². The lowest BCUT2D eigenvalue weighted by molar-refractivity contribution is 0.255. The number of aliphatic hydroxyl groups excluding tert-OH is 1. The van der Waals surface area contributed by atoms with E-state index in [9.17, 15) is 8.42 Å². The molecule has 1 aliphatic rings. The molecule has 72 valence electrons. The maximum atomic E-state index is 11.5. The van der Waals surface area contributed by atoms with Crippen molar-refractivity contribution < 1.29 is 13.5 Å². The average molecular weight is 193 g/mol. The van der Waals surface area contributed by atoms with Crippen LogP contribution in [0.15, 0.2) is 0 Å². The lowest BCUT2D eigenvalue weighted by Crippen LogP contribution is -2.30. The zero-order valence-corrected chi connectivity index (χ0v) is 8.37. The lowest BCUT2D eigenvalue weighted by atomic mass is 10.0. The number of nitrogens with zero attached hydrogens (tertiary/aromatic N) is 1. The van der Waals surface area contributed by atoms with Gasteiger partial charge in [0, 0.05) is 13.1 Å². The minimum atomic E-state index is -3.23. The summed E-state index contributed by atoms with van der Waals surface area (Å²) in [6, 6.07) is -0.00727. The van der Waals surface area contributed by atoms with Gasteiger partial charge in [-0.2, -0.15) is 0 Å². The van der Waals surface area contributed by atoms with Crippen LogP contribution in [0.2, 0.25) is 0 Å². The highest BCUT2D eigenvalue weighted by molar-refractivity contribution is 7.90. The molecule has 12 heavy (non-hydrogen) atoms. The van der Waals surface area contributed by atoms with E-state index in [0.717, 1.165) is 0 Å². The van der Waals surface area contributed by atoms with Gasteiger partial charge in [-0.25, -0.2) is 12.7 Å². The summed E-state index contributed by atoms with van der Waals surface area (Å²) < 4.78 is 24.4. The summed E-state index contributed by atoms with van der Waals surface area (Å²) in [5.74, 6) is 0.00463. The Balaban J connectivity index is 3.05. The summed E-state index contributed by atoms with van der Waals surface area (Å²) in [6.45, 7) is 3.43. The van der Waals surface area contributed by atoms with Crippen LogP contribution in [0.4, 0.5) is 0 Å². The molecule has 0 aromatic carbocycles. The third-order valence-corrected chi connectivity index (χ3v) is 5.36. The van der Waals surface area contributed by atoms with Gasteiger partial charge in [-0.1, -0.05) is 6.92 Å². The quantitative estimate of drug-likeness (QED) is 0.619. The van der Waals surface area contributed by atoms with Crippen molar-refractivity contribution in [1.29, 1.82) is 0 Å². The van der Waals surface area contributed by atoms with Crippen molar-refractivity contribution in [1.82, 2.24) is 4.31 Å². The molecule has 0 aromatic rings. The Labute approximate surface area is 73.2 Å². The van der Waals surface area contributed by atoms with Gasteiger partial charge in [-0.15, -0.1) is 0 Å². The molecule has 0 aromatic heterocycles. The van der Waals surface area contributed by atoms with Crippen LogP contribution in [0, 0.1) is 5.92 Å². The van der Waals surface area contributed by atoms with Crippen LogP contribution >= 0.6 is 0 Å². The average Bonchev–Trinajstić information content (AvgIpc) is 2.13. The van der Waals surface area contributed by atoms with Gasteiger partial charge < -0.3 is 5.11 Å². The van der Waals surface area contributed by atoms with Gasteiger partial charge in [-0.05, 0) is 12.8 Å². The number of rotatable bonds is 1. The first-order valence-corrected chi connectivity index (χ1v) is 5.51. The van der Waals surface area contributed by atoms with E-state index in [-0.39, 0.29) is 18.6 Å². The summed E-state index contributed by atoms with van der Waals surface area (Å²) in [5, 5.41) is 8.29. The maximum absolute atomic E-state index is 11.5. The maximum Gasteiger partial charge on any atom is 0.219 e. The Morgan fingerprint density at radius 2 is 1.92 bits per heavy atom. The smallest absolute Gasteiger partial charge is 0.219 e. The van der Waals surface area contributed by atoms with Crippen LogP contribution in [0.1, 0.15) is 13.8 Å². The fourth-order valence-electron chi connectivity index (χ4n) is 1.62. The van der Waals surface area contributed by atoms with Crippen LogP contribution in [0.5, 0.6) is 0 Å². The fourth-order valence-corrected chi connectivity index (χ4v) is 3.66. The SMILES string of the molecule is C[C@H]1[C@@H](C)N(C)S(=O)(=O)[C@@H]1CO. The van der Waals surface area contributed by atoms with E-state index in [1.807, 2.05) is 13.8 Å². The molecule has 0 aliphatic carbocycles. The molecule has 1 N–H and O–H groups in total. The summed E-state index contributed by atoms with van der Waals surface area (Å²) in [5.41, 5.74) is 0. The van der Waals surface area contributed by atoms with Gasteiger partial charge in [-0.3, -0.25) is 0 Å². The summed E-state index contributed by atoms with van der Waals surface area (Å²) >= 11 is 0. The van der Waals surface area contributed by atoms with Crippen molar-refractivity contribution in [2.24, 2.45) is 5.92 Å². The molecule has 0 amide bonds. The van der Waals surface area contributed by atoms with Crippen molar-refractivity contribution in [3.05, 3.63) is 0 Å². The van der Waals surface area contributed by atoms with E-state index in [1.165, 1.54) is 4.31 Å². The Morgan fingerprint density at radius 3 is 2.08 bits per heavy atom. The normalized spacial score (nSPS) is 41.8. The van der Waals surface area contributed by atoms with Gasteiger partial charge >= 0.3 is 0 Å². The highest BCUT2D eigenvalue weighted by atomic mass is 32.2. The number of hydrogen-bond acceptors (Lipinski definition) is 3. The Hall–Kier alpha value is -0.130. The molecule has 1 rings (SSSR count). The molecule has 0 unspecified atom stereocenters. The van der Waals surface area contributed by atoms with Crippen molar-refractivity contribution in [3.63, 3.8) is 0 Å². The van der Waals surface area contributed by atoms with E-state index in [1.54, 1.807) is 7.05 Å². The van der Waals surface area contributed by atoms with Crippen molar-refractivity contribution in [3.8, 4) is 0 Å². The molecule has 4 nitrogen and oxygen atoms in total. The standard InChI is InChI=1S/C7H15NO3S/c1-5-6(2)8(3)12(10,11)7(5)4-9/h5-7,9H,4H2,1-3H3/t5-,6+,7+/m0/s1. The highest BCUT2D eigenvalue weighted by Crippen LogP contribution is 2.30. The predicted molar refractivity (Wildman–Crippen MR) is 46.2 cm³/mol. The highest BCUT2D eigenvalue weighted by Gasteiger charge is 2.46.